The molecule has 0 aliphatic rings. The highest BCUT2D eigenvalue weighted by Gasteiger charge is 2.19. The van der Waals surface area contributed by atoms with Crippen molar-refractivity contribution in [2.45, 2.75) is 6.92 Å². The molecule has 6 nitrogen and oxygen atoms in total. The van der Waals surface area contributed by atoms with Crippen molar-refractivity contribution in [3.05, 3.63) is 23.6 Å². The molecule has 2 rings (SSSR count). The number of aryl methyl sites for hydroxylation is 2. The Hall–Kier alpha value is -2.11. The molecule has 2 heterocycles. The first-order chi connectivity index (χ1) is 7.09. The average Bonchev–Trinajstić information content (AvgIpc) is 2.71. The summed E-state index contributed by atoms with van der Waals surface area (Å²) in [6.45, 7) is 1.74. The minimum atomic E-state index is -1.03. The molecular formula is C9H9N3O3. The van der Waals surface area contributed by atoms with Crippen molar-refractivity contribution in [1.29, 1.82) is 0 Å². The van der Waals surface area contributed by atoms with E-state index in [2.05, 4.69) is 10.3 Å². The number of hydrogen-bond acceptors (Lipinski definition) is 4. The Morgan fingerprint density at radius 3 is 2.87 bits per heavy atom. The molecule has 78 valence electrons. The van der Waals surface area contributed by atoms with Crippen LogP contribution in [0.3, 0.4) is 0 Å². The van der Waals surface area contributed by atoms with Crippen molar-refractivity contribution < 1.29 is 14.4 Å². The van der Waals surface area contributed by atoms with Gasteiger partial charge in [0.05, 0.1) is 6.20 Å². The van der Waals surface area contributed by atoms with Crippen LogP contribution in [0, 0.1) is 6.92 Å². The highest BCUT2D eigenvalue weighted by molar-refractivity contribution is 5.94. The fraction of sp³-hybridized carbons (Fsp3) is 0.222. The van der Waals surface area contributed by atoms with Gasteiger partial charge >= 0.3 is 5.97 Å². The molecule has 6 heteroatoms. The molecule has 0 aliphatic heterocycles. The van der Waals surface area contributed by atoms with E-state index in [1.807, 2.05) is 0 Å². The van der Waals surface area contributed by atoms with Crippen LogP contribution in [0.2, 0.25) is 0 Å². The quantitative estimate of drug-likeness (QED) is 0.796. The molecule has 0 saturated carbocycles. The van der Waals surface area contributed by atoms with Crippen molar-refractivity contribution in [1.82, 2.24) is 14.9 Å². The van der Waals surface area contributed by atoms with E-state index < -0.39 is 5.97 Å². The van der Waals surface area contributed by atoms with Gasteiger partial charge in [-0.15, -0.1) is 0 Å². The van der Waals surface area contributed by atoms with Crippen LogP contribution in [-0.4, -0.2) is 26.0 Å². The minimum absolute atomic E-state index is 0.116. The normalized spacial score (nSPS) is 10.5. The number of carboxylic acid groups (broad SMARTS) is 1. The third-order valence-corrected chi connectivity index (χ3v) is 2.04. The molecule has 0 aliphatic carbocycles. The molecule has 0 bridgehead atoms. The molecule has 1 N–H and O–H groups in total. The molecule has 0 radical (unpaired) electrons. The summed E-state index contributed by atoms with van der Waals surface area (Å²) in [4.78, 5) is 10.9. The Labute approximate surface area is 85.1 Å². The van der Waals surface area contributed by atoms with E-state index in [1.165, 1.54) is 10.9 Å². The summed E-state index contributed by atoms with van der Waals surface area (Å²) in [5, 5.41) is 16.6. The van der Waals surface area contributed by atoms with E-state index in [1.54, 1.807) is 20.0 Å². The zero-order valence-electron chi connectivity index (χ0n) is 8.26. The van der Waals surface area contributed by atoms with Crippen LogP contribution in [0.1, 0.15) is 16.1 Å². The molecule has 0 saturated heterocycles. The maximum Gasteiger partial charge on any atom is 0.339 e. The van der Waals surface area contributed by atoms with Gasteiger partial charge in [-0.2, -0.15) is 5.10 Å². The van der Waals surface area contributed by atoms with Crippen molar-refractivity contribution in [2.75, 3.05) is 0 Å². The molecule has 0 amide bonds. The van der Waals surface area contributed by atoms with Gasteiger partial charge in [0.15, 0.2) is 0 Å². The Bertz CT molecular complexity index is 512. The zero-order chi connectivity index (χ0) is 11.0. The molecule has 0 atom stereocenters. The number of aromatic carboxylic acids is 1. The van der Waals surface area contributed by atoms with Gasteiger partial charge in [-0.05, 0) is 6.92 Å². The highest BCUT2D eigenvalue weighted by Crippen LogP contribution is 2.22. The third-order valence-electron chi connectivity index (χ3n) is 2.04. The van der Waals surface area contributed by atoms with E-state index in [-0.39, 0.29) is 5.56 Å². The molecule has 15 heavy (non-hydrogen) atoms. The van der Waals surface area contributed by atoms with E-state index in [9.17, 15) is 4.79 Å². The number of carboxylic acids is 1. The predicted octanol–water partition coefficient (Wildman–Crippen LogP) is 1.08. The van der Waals surface area contributed by atoms with E-state index in [0.29, 0.717) is 17.1 Å². The third kappa shape index (κ3) is 1.50. The Balaban J connectivity index is 2.60. The van der Waals surface area contributed by atoms with Crippen LogP contribution in [0.5, 0.6) is 0 Å². The Morgan fingerprint density at radius 2 is 2.33 bits per heavy atom. The van der Waals surface area contributed by atoms with Gasteiger partial charge in [0.1, 0.15) is 22.7 Å². The lowest BCUT2D eigenvalue weighted by molar-refractivity contribution is 0.0697. The van der Waals surface area contributed by atoms with Gasteiger partial charge in [0.2, 0.25) is 0 Å². The van der Waals surface area contributed by atoms with E-state index in [0.717, 1.165) is 0 Å². The van der Waals surface area contributed by atoms with Crippen LogP contribution in [-0.2, 0) is 7.05 Å². The zero-order valence-corrected chi connectivity index (χ0v) is 8.26. The maximum absolute atomic E-state index is 10.9. The van der Waals surface area contributed by atoms with Crippen molar-refractivity contribution in [2.24, 2.45) is 7.05 Å². The fourth-order valence-corrected chi connectivity index (χ4v) is 1.38. The van der Waals surface area contributed by atoms with Crippen LogP contribution in [0.4, 0.5) is 0 Å². The van der Waals surface area contributed by atoms with Gasteiger partial charge < -0.3 is 9.63 Å². The minimum Gasteiger partial charge on any atom is -0.478 e. The van der Waals surface area contributed by atoms with Gasteiger partial charge in [0, 0.05) is 13.1 Å². The number of carbonyl (C=O) groups is 1. The molecule has 0 fully saturated rings. The lowest BCUT2D eigenvalue weighted by Gasteiger charge is -1.97. The van der Waals surface area contributed by atoms with E-state index in [4.69, 9.17) is 9.63 Å². The van der Waals surface area contributed by atoms with Crippen LogP contribution in [0.15, 0.2) is 16.8 Å². The van der Waals surface area contributed by atoms with Crippen LogP contribution < -0.4 is 0 Å². The topological polar surface area (TPSA) is 81.1 Å². The highest BCUT2D eigenvalue weighted by atomic mass is 16.5. The van der Waals surface area contributed by atoms with Crippen molar-refractivity contribution in [3.8, 4) is 11.4 Å². The second-order valence-corrected chi connectivity index (χ2v) is 3.16. The second kappa shape index (κ2) is 3.23. The fourth-order valence-electron chi connectivity index (χ4n) is 1.38. The first-order valence-electron chi connectivity index (χ1n) is 4.28. The Kier molecular flexibility index (Phi) is 2.03. The number of hydrogen-bond donors (Lipinski definition) is 1. The summed E-state index contributed by atoms with van der Waals surface area (Å²) in [5.74, 6) is -0.402. The van der Waals surface area contributed by atoms with E-state index >= 15 is 0 Å². The molecular weight excluding hydrogens is 198 g/mol. The summed E-state index contributed by atoms with van der Waals surface area (Å²) in [6, 6.07) is 1.67. The van der Waals surface area contributed by atoms with Crippen LogP contribution in [0.25, 0.3) is 11.4 Å². The van der Waals surface area contributed by atoms with Gasteiger partial charge in [0.25, 0.3) is 0 Å². The predicted molar refractivity (Wildman–Crippen MR) is 50.4 cm³/mol. The lowest BCUT2D eigenvalue weighted by atomic mass is 10.2. The molecule has 2 aromatic rings. The van der Waals surface area contributed by atoms with Gasteiger partial charge in [-0.25, -0.2) is 4.79 Å². The lowest BCUT2D eigenvalue weighted by Crippen LogP contribution is -2.00. The SMILES string of the molecule is Cc1cc(-c2c(C(=O)O)cnn2C)no1. The summed E-state index contributed by atoms with van der Waals surface area (Å²) < 4.78 is 6.35. The average molecular weight is 207 g/mol. The van der Waals surface area contributed by atoms with Gasteiger partial charge in [-0.1, -0.05) is 5.16 Å². The van der Waals surface area contributed by atoms with Crippen molar-refractivity contribution in [3.63, 3.8) is 0 Å². The number of rotatable bonds is 2. The first-order valence-corrected chi connectivity index (χ1v) is 4.28. The molecule has 0 spiro atoms. The first kappa shape index (κ1) is 9.45. The second-order valence-electron chi connectivity index (χ2n) is 3.16. The standard InChI is InChI=1S/C9H9N3O3/c1-5-3-7(11-15-5)8-6(9(13)14)4-10-12(8)2/h3-4H,1-2H3,(H,13,14). The molecule has 2 aromatic heterocycles. The molecule has 0 aromatic carbocycles. The number of aromatic nitrogens is 3. The summed E-state index contributed by atoms with van der Waals surface area (Å²) in [7, 11) is 1.66. The maximum atomic E-state index is 10.9. The van der Waals surface area contributed by atoms with Crippen molar-refractivity contribution >= 4 is 5.97 Å². The number of nitrogens with zero attached hydrogens (tertiary/aromatic N) is 3. The largest absolute Gasteiger partial charge is 0.478 e. The Morgan fingerprint density at radius 1 is 1.60 bits per heavy atom. The monoisotopic (exact) mass is 207 g/mol. The van der Waals surface area contributed by atoms with Gasteiger partial charge in [-0.3, -0.25) is 4.68 Å². The summed E-state index contributed by atoms with van der Waals surface area (Å²) >= 11 is 0. The smallest absolute Gasteiger partial charge is 0.339 e. The molecule has 0 unspecified atom stereocenters. The van der Waals surface area contributed by atoms with Crippen LogP contribution >= 0.6 is 0 Å². The summed E-state index contributed by atoms with van der Waals surface area (Å²) in [5.41, 5.74) is 1.04. The summed E-state index contributed by atoms with van der Waals surface area (Å²) in [6.07, 6.45) is 1.29.